The molecule has 0 amide bonds. The summed E-state index contributed by atoms with van der Waals surface area (Å²) in [5.41, 5.74) is 3.68. The first-order valence-corrected chi connectivity index (χ1v) is 5.49. The Morgan fingerprint density at radius 2 is 2.17 bits per heavy atom. The van der Waals surface area contributed by atoms with Crippen molar-refractivity contribution in [3.8, 4) is 17.3 Å². The van der Waals surface area contributed by atoms with E-state index in [4.69, 9.17) is 5.26 Å². The van der Waals surface area contributed by atoms with E-state index in [0.717, 1.165) is 22.3 Å². The Hall–Kier alpha value is -2.74. The normalized spacial score (nSPS) is 10.4. The molecule has 2 heterocycles. The van der Waals surface area contributed by atoms with Crippen molar-refractivity contribution in [2.24, 2.45) is 0 Å². The molecular formula is C13H9N5. The maximum atomic E-state index is 8.65. The molecule has 0 saturated carbocycles. The van der Waals surface area contributed by atoms with Crippen LogP contribution < -0.4 is 0 Å². The second kappa shape index (κ2) is 4.26. The minimum atomic E-state index is 0.222. The summed E-state index contributed by atoms with van der Waals surface area (Å²) in [6.07, 6.45) is 3.56. The lowest BCUT2D eigenvalue weighted by atomic mass is 10.1. The van der Waals surface area contributed by atoms with E-state index in [1.54, 1.807) is 12.5 Å². The van der Waals surface area contributed by atoms with E-state index < -0.39 is 0 Å². The number of benzene rings is 1. The molecule has 86 valence electrons. The van der Waals surface area contributed by atoms with Crippen molar-refractivity contribution in [2.45, 2.75) is 6.42 Å². The molecule has 5 heteroatoms. The van der Waals surface area contributed by atoms with E-state index in [1.807, 2.05) is 30.3 Å². The lowest BCUT2D eigenvalue weighted by molar-refractivity contribution is 0.999. The quantitative estimate of drug-likeness (QED) is 0.737. The zero-order valence-electron chi connectivity index (χ0n) is 9.46. The standard InChI is InChI=1S/C13H9N5/c14-5-3-13-15-6-4-10(18-13)9-1-2-11-12(7-9)17-8-16-11/h1-2,4,6-8H,3H2,(H,16,17). The molecule has 18 heavy (non-hydrogen) atoms. The van der Waals surface area contributed by atoms with Crippen LogP contribution in [0.25, 0.3) is 22.3 Å². The molecule has 0 saturated heterocycles. The van der Waals surface area contributed by atoms with Gasteiger partial charge in [-0.05, 0) is 18.2 Å². The van der Waals surface area contributed by atoms with Gasteiger partial charge < -0.3 is 4.98 Å². The van der Waals surface area contributed by atoms with Gasteiger partial charge in [0.2, 0.25) is 0 Å². The van der Waals surface area contributed by atoms with Crippen LogP contribution in [0.2, 0.25) is 0 Å². The second-order valence-corrected chi connectivity index (χ2v) is 3.83. The van der Waals surface area contributed by atoms with Crippen LogP contribution in [-0.4, -0.2) is 19.9 Å². The first kappa shape index (κ1) is 10.4. The van der Waals surface area contributed by atoms with Gasteiger partial charge in [0, 0.05) is 11.8 Å². The highest BCUT2D eigenvalue weighted by Crippen LogP contribution is 2.20. The molecule has 5 nitrogen and oxygen atoms in total. The summed E-state index contributed by atoms with van der Waals surface area (Å²) in [4.78, 5) is 15.6. The summed E-state index contributed by atoms with van der Waals surface area (Å²) in [5.74, 6) is 0.541. The Morgan fingerprint density at radius 3 is 3.06 bits per heavy atom. The number of hydrogen-bond donors (Lipinski definition) is 1. The van der Waals surface area contributed by atoms with E-state index >= 15 is 0 Å². The van der Waals surface area contributed by atoms with E-state index in [1.165, 1.54) is 0 Å². The lowest BCUT2D eigenvalue weighted by Gasteiger charge is -2.02. The third kappa shape index (κ3) is 1.80. The summed E-state index contributed by atoms with van der Waals surface area (Å²) in [6, 6.07) is 9.76. The molecule has 0 unspecified atom stereocenters. The molecule has 0 aliphatic carbocycles. The second-order valence-electron chi connectivity index (χ2n) is 3.83. The fourth-order valence-electron chi connectivity index (χ4n) is 1.81. The van der Waals surface area contributed by atoms with Crippen molar-refractivity contribution in [3.05, 3.63) is 42.6 Å². The van der Waals surface area contributed by atoms with Gasteiger partial charge in [-0.1, -0.05) is 6.07 Å². The number of hydrogen-bond acceptors (Lipinski definition) is 4. The third-order valence-electron chi connectivity index (χ3n) is 2.66. The molecular weight excluding hydrogens is 226 g/mol. The topological polar surface area (TPSA) is 78.2 Å². The maximum Gasteiger partial charge on any atom is 0.142 e. The average Bonchev–Trinajstić information content (AvgIpc) is 2.86. The molecule has 1 aromatic carbocycles. The molecule has 1 N–H and O–H groups in total. The molecule has 3 aromatic rings. The molecule has 0 aliphatic heterocycles. The zero-order chi connectivity index (χ0) is 12.4. The van der Waals surface area contributed by atoms with Crippen LogP contribution in [0.3, 0.4) is 0 Å². The smallest absolute Gasteiger partial charge is 0.142 e. The molecule has 0 bridgehead atoms. The van der Waals surface area contributed by atoms with Gasteiger partial charge in [-0.25, -0.2) is 15.0 Å². The Bertz CT molecular complexity index is 738. The molecule has 2 aromatic heterocycles. The summed E-state index contributed by atoms with van der Waals surface area (Å²) < 4.78 is 0. The van der Waals surface area contributed by atoms with Crippen molar-refractivity contribution in [3.63, 3.8) is 0 Å². The highest BCUT2D eigenvalue weighted by molar-refractivity contribution is 5.80. The first-order valence-electron chi connectivity index (χ1n) is 5.49. The highest BCUT2D eigenvalue weighted by Gasteiger charge is 2.04. The van der Waals surface area contributed by atoms with Gasteiger partial charge in [-0.2, -0.15) is 5.26 Å². The van der Waals surface area contributed by atoms with Gasteiger partial charge in [0.15, 0.2) is 0 Å². The Balaban J connectivity index is 2.08. The number of aromatic amines is 1. The van der Waals surface area contributed by atoms with Gasteiger partial charge in [0.25, 0.3) is 0 Å². The number of H-pyrrole nitrogens is 1. The Labute approximate surface area is 103 Å². The van der Waals surface area contributed by atoms with Crippen molar-refractivity contribution in [2.75, 3.05) is 0 Å². The number of imidazole rings is 1. The Morgan fingerprint density at radius 1 is 1.22 bits per heavy atom. The minimum Gasteiger partial charge on any atom is -0.345 e. The van der Waals surface area contributed by atoms with Gasteiger partial charge >= 0.3 is 0 Å². The van der Waals surface area contributed by atoms with Crippen LogP contribution in [0.1, 0.15) is 5.82 Å². The first-order chi connectivity index (χ1) is 8.86. The van der Waals surface area contributed by atoms with Crippen LogP contribution in [-0.2, 0) is 6.42 Å². The highest BCUT2D eigenvalue weighted by atomic mass is 14.9. The van der Waals surface area contributed by atoms with Gasteiger partial charge in [0.05, 0.1) is 35.5 Å². The predicted molar refractivity (Wildman–Crippen MR) is 66.4 cm³/mol. The minimum absolute atomic E-state index is 0.222. The molecule has 3 rings (SSSR count). The largest absolute Gasteiger partial charge is 0.345 e. The molecule has 0 fully saturated rings. The van der Waals surface area contributed by atoms with Crippen molar-refractivity contribution >= 4 is 11.0 Å². The fourth-order valence-corrected chi connectivity index (χ4v) is 1.81. The summed E-state index contributed by atoms with van der Waals surface area (Å²) >= 11 is 0. The number of aromatic nitrogens is 4. The fraction of sp³-hybridized carbons (Fsp3) is 0.0769. The SMILES string of the molecule is N#CCc1nccc(-c2ccc3nc[nH]c3c2)n1. The predicted octanol–water partition coefficient (Wildman–Crippen LogP) is 2.09. The maximum absolute atomic E-state index is 8.65. The van der Waals surface area contributed by atoms with Gasteiger partial charge in [-0.3, -0.25) is 0 Å². The molecule has 0 atom stereocenters. The van der Waals surface area contributed by atoms with Crippen molar-refractivity contribution < 1.29 is 0 Å². The number of nitrogens with one attached hydrogen (secondary N) is 1. The van der Waals surface area contributed by atoms with Crippen LogP contribution in [0.15, 0.2) is 36.8 Å². The van der Waals surface area contributed by atoms with E-state index in [2.05, 4.69) is 19.9 Å². The summed E-state index contributed by atoms with van der Waals surface area (Å²) in [6.45, 7) is 0. The van der Waals surface area contributed by atoms with Crippen LogP contribution in [0.4, 0.5) is 0 Å². The molecule has 0 aliphatic rings. The number of nitriles is 1. The number of rotatable bonds is 2. The van der Waals surface area contributed by atoms with E-state index in [-0.39, 0.29) is 6.42 Å². The lowest BCUT2D eigenvalue weighted by Crippen LogP contribution is -1.94. The van der Waals surface area contributed by atoms with Crippen molar-refractivity contribution in [1.82, 2.24) is 19.9 Å². The molecule has 0 spiro atoms. The Kier molecular flexibility index (Phi) is 2.47. The van der Waals surface area contributed by atoms with Crippen LogP contribution in [0.5, 0.6) is 0 Å². The average molecular weight is 235 g/mol. The van der Waals surface area contributed by atoms with Crippen molar-refractivity contribution in [1.29, 1.82) is 5.26 Å². The monoisotopic (exact) mass is 235 g/mol. The number of nitrogens with zero attached hydrogens (tertiary/aromatic N) is 4. The number of fused-ring (bicyclic) bond motifs is 1. The van der Waals surface area contributed by atoms with Gasteiger partial charge in [-0.15, -0.1) is 0 Å². The van der Waals surface area contributed by atoms with E-state index in [0.29, 0.717) is 5.82 Å². The van der Waals surface area contributed by atoms with Crippen LogP contribution in [0, 0.1) is 11.3 Å². The van der Waals surface area contributed by atoms with Gasteiger partial charge in [0.1, 0.15) is 5.82 Å². The van der Waals surface area contributed by atoms with Crippen LogP contribution >= 0.6 is 0 Å². The summed E-state index contributed by atoms with van der Waals surface area (Å²) in [7, 11) is 0. The summed E-state index contributed by atoms with van der Waals surface area (Å²) in [5, 5.41) is 8.65. The zero-order valence-corrected chi connectivity index (χ0v) is 9.46. The van der Waals surface area contributed by atoms with E-state index in [9.17, 15) is 0 Å². The molecule has 0 radical (unpaired) electrons. The third-order valence-corrected chi connectivity index (χ3v) is 2.66.